The molecule has 2 rings (SSSR count). The minimum Gasteiger partial charge on any atom is -0.126 e. The molecule has 0 saturated carbocycles. The van der Waals surface area contributed by atoms with E-state index >= 15 is 0 Å². The van der Waals surface area contributed by atoms with Gasteiger partial charge in [-0.15, -0.1) is 11.6 Å². The van der Waals surface area contributed by atoms with Crippen LogP contribution in [-0.4, -0.2) is 5.88 Å². The van der Waals surface area contributed by atoms with Gasteiger partial charge in [-0.05, 0) is 29.7 Å². The number of hydrogen-bond acceptors (Lipinski definition) is 0. The zero-order valence-corrected chi connectivity index (χ0v) is 11.0. The van der Waals surface area contributed by atoms with Gasteiger partial charge in [0.1, 0.15) is 0 Å². The number of hydrogen-bond donors (Lipinski definition) is 0. The monoisotopic (exact) mass is 264 g/mol. The van der Waals surface area contributed by atoms with Crippen LogP contribution >= 0.6 is 23.2 Å². The second-order valence-corrected chi connectivity index (χ2v) is 4.84. The van der Waals surface area contributed by atoms with Crippen molar-refractivity contribution in [1.82, 2.24) is 0 Å². The van der Waals surface area contributed by atoms with Crippen molar-refractivity contribution in [3.05, 3.63) is 70.7 Å². The van der Waals surface area contributed by atoms with Crippen LogP contribution in [0.25, 0.3) is 0 Å². The first kappa shape index (κ1) is 12.5. The van der Waals surface area contributed by atoms with Crippen molar-refractivity contribution < 1.29 is 0 Å². The summed E-state index contributed by atoms with van der Waals surface area (Å²) in [4.78, 5) is 0. The molecule has 0 radical (unpaired) electrons. The Balaban J connectivity index is 2.14. The highest BCUT2D eigenvalue weighted by Gasteiger charge is 2.10. The third-order valence-electron chi connectivity index (χ3n) is 2.85. The van der Waals surface area contributed by atoms with Crippen LogP contribution in [0.5, 0.6) is 0 Å². The summed E-state index contributed by atoms with van der Waals surface area (Å²) in [7, 11) is 0. The lowest BCUT2D eigenvalue weighted by Gasteiger charge is -2.14. The van der Waals surface area contributed by atoms with Crippen molar-refractivity contribution in [2.45, 2.75) is 12.3 Å². The maximum Gasteiger partial charge on any atom is 0.0406 e. The molecule has 0 N–H and O–H groups in total. The molecule has 2 heteroatoms. The van der Waals surface area contributed by atoms with Gasteiger partial charge in [-0.2, -0.15) is 0 Å². The van der Waals surface area contributed by atoms with Gasteiger partial charge in [0.15, 0.2) is 0 Å². The van der Waals surface area contributed by atoms with Gasteiger partial charge in [-0.3, -0.25) is 0 Å². The Morgan fingerprint density at radius 1 is 0.882 bits per heavy atom. The fourth-order valence-corrected chi connectivity index (χ4v) is 2.31. The second kappa shape index (κ2) is 6.09. The van der Waals surface area contributed by atoms with Crippen LogP contribution < -0.4 is 0 Å². The second-order valence-electron chi connectivity index (χ2n) is 4.09. The molecule has 0 bridgehead atoms. The van der Waals surface area contributed by atoms with Gasteiger partial charge < -0.3 is 0 Å². The van der Waals surface area contributed by atoms with E-state index in [0.717, 1.165) is 11.4 Å². The molecule has 0 spiro atoms. The molecule has 0 aliphatic heterocycles. The van der Waals surface area contributed by atoms with Crippen LogP contribution in [0.3, 0.4) is 0 Å². The fraction of sp³-hybridized carbons (Fsp3) is 0.200. The predicted molar refractivity (Wildman–Crippen MR) is 75.1 cm³/mol. The van der Waals surface area contributed by atoms with E-state index in [1.807, 2.05) is 18.2 Å². The molecule has 0 nitrogen and oxygen atoms in total. The highest BCUT2D eigenvalue weighted by Crippen LogP contribution is 2.23. The van der Waals surface area contributed by atoms with Crippen LogP contribution in [0, 0.1) is 0 Å². The third kappa shape index (κ3) is 3.49. The predicted octanol–water partition coefficient (Wildman–Crippen LogP) is 4.91. The first-order valence-electron chi connectivity index (χ1n) is 5.65. The largest absolute Gasteiger partial charge is 0.126 e. The van der Waals surface area contributed by atoms with E-state index in [1.54, 1.807) is 0 Å². The van der Waals surface area contributed by atoms with Crippen LogP contribution in [0.15, 0.2) is 54.6 Å². The maximum atomic E-state index is 6.06. The Morgan fingerprint density at radius 3 is 2.12 bits per heavy atom. The fourth-order valence-electron chi connectivity index (χ4n) is 1.90. The lowest BCUT2D eigenvalue weighted by molar-refractivity contribution is 0.766. The normalized spacial score (nSPS) is 12.4. The van der Waals surface area contributed by atoms with Gasteiger partial charge in [0.05, 0.1) is 0 Å². The van der Waals surface area contributed by atoms with Crippen LogP contribution in [-0.2, 0) is 6.42 Å². The molecule has 0 aliphatic carbocycles. The van der Waals surface area contributed by atoms with Gasteiger partial charge in [-0.1, -0.05) is 54.1 Å². The van der Waals surface area contributed by atoms with Crippen molar-refractivity contribution in [3.8, 4) is 0 Å². The maximum absolute atomic E-state index is 6.06. The molecule has 1 unspecified atom stereocenters. The van der Waals surface area contributed by atoms with E-state index in [4.69, 9.17) is 23.2 Å². The Labute approximate surface area is 112 Å². The van der Waals surface area contributed by atoms with Crippen molar-refractivity contribution >= 4 is 23.2 Å². The topological polar surface area (TPSA) is 0 Å². The molecular weight excluding hydrogens is 251 g/mol. The minimum atomic E-state index is 0.344. The highest BCUT2D eigenvalue weighted by molar-refractivity contribution is 6.30. The Bertz CT molecular complexity index is 448. The molecular formula is C15H14Cl2. The molecule has 1 atom stereocenters. The first-order chi connectivity index (χ1) is 8.29. The number of benzene rings is 2. The molecule has 0 saturated heterocycles. The van der Waals surface area contributed by atoms with E-state index in [2.05, 4.69) is 36.4 Å². The summed E-state index contributed by atoms with van der Waals surface area (Å²) in [5.74, 6) is 0.965. The summed E-state index contributed by atoms with van der Waals surface area (Å²) in [6, 6.07) is 18.4. The quantitative estimate of drug-likeness (QED) is 0.689. The zero-order chi connectivity index (χ0) is 12.1. The first-order valence-corrected chi connectivity index (χ1v) is 6.56. The molecule has 17 heavy (non-hydrogen) atoms. The van der Waals surface area contributed by atoms with E-state index in [-0.39, 0.29) is 0 Å². The van der Waals surface area contributed by atoms with Crippen molar-refractivity contribution in [1.29, 1.82) is 0 Å². The molecule has 0 amide bonds. The highest BCUT2D eigenvalue weighted by atomic mass is 35.5. The molecule has 88 valence electrons. The van der Waals surface area contributed by atoms with Crippen molar-refractivity contribution in [2.24, 2.45) is 0 Å². The van der Waals surface area contributed by atoms with E-state index in [9.17, 15) is 0 Å². The van der Waals surface area contributed by atoms with Gasteiger partial charge >= 0.3 is 0 Å². The van der Waals surface area contributed by atoms with E-state index in [1.165, 1.54) is 11.1 Å². The summed E-state index contributed by atoms with van der Waals surface area (Å²) in [6.07, 6.45) is 0.964. The van der Waals surface area contributed by atoms with Gasteiger partial charge in [0.2, 0.25) is 0 Å². The summed E-state index contributed by atoms with van der Waals surface area (Å²) in [6.45, 7) is 0. The molecule has 0 fully saturated rings. The van der Waals surface area contributed by atoms with E-state index in [0.29, 0.717) is 11.8 Å². The van der Waals surface area contributed by atoms with Gasteiger partial charge in [-0.25, -0.2) is 0 Å². The average molecular weight is 265 g/mol. The molecule has 2 aromatic carbocycles. The SMILES string of the molecule is ClCC(Cc1ccccc1)c1ccc(Cl)cc1. The molecule has 2 aromatic rings. The third-order valence-corrected chi connectivity index (χ3v) is 3.48. The van der Waals surface area contributed by atoms with E-state index < -0.39 is 0 Å². The molecule has 0 heterocycles. The van der Waals surface area contributed by atoms with Crippen molar-refractivity contribution in [3.63, 3.8) is 0 Å². The summed E-state index contributed by atoms with van der Waals surface area (Å²) < 4.78 is 0. The minimum absolute atomic E-state index is 0.344. The van der Waals surface area contributed by atoms with Gasteiger partial charge in [0.25, 0.3) is 0 Å². The lowest BCUT2D eigenvalue weighted by atomic mass is 9.94. The summed E-state index contributed by atoms with van der Waals surface area (Å²) in [5, 5.41) is 0.766. The Kier molecular flexibility index (Phi) is 4.47. The average Bonchev–Trinajstić information content (AvgIpc) is 2.38. The summed E-state index contributed by atoms with van der Waals surface area (Å²) >= 11 is 11.9. The Hall–Kier alpha value is -0.980. The number of rotatable bonds is 4. The summed E-state index contributed by atoms with van der Waals surface area (Å²) in [5.41, 5.74) is 2.56. The smallest absolute Gasteiger partial charge is 0.0406 e. The zero-order valence-electron chi connectivity index (χ0n) is 9.44. The lowest BCUT2D eigenvalue weighted by Crippen LogP contribution is -2.04. The standard InChI is InChI=1S/C15H14Cl2/c16-11-14(10-12-4-2-1-3-5-12)13-6-8-15(17)9-7-13/h1-9,14H,10-11H2. The van der Waals surface area contributed by atoms with Crippen LogP contribution in [0.2, 0.25) is 5.02 Å². The molecule has 0 aliphatic rings. The number of halogens is 2. The molecule has 0 aromatic heterocycles. The Morgan fingerprint density at radius 2 is 1.53 bits per heavy atom. The van der Waals surface area contributed by atoms with Crippen LogP contribution in [0.1, 0.15) is 17.0 Å². The number of alkyl halides is 1. The van der Waals surface area contributed by atoms with Gasteiger partial charge in [0, 0.05) is 16.8 Å². The van der Waals surface area contributed by atoms with Crippen molar-refractivity contribution in [2.75, 3.05) is 5.88 Å². The van der Waals surface area contributed by atoms with Crippen LogP contribution in [0.4, 0.5) is 0 Å².